The number of H-pyrrole nitrogens is 1. The van der Waals surface area contributed by atoms with Gasteiger partial charge in [-0.1, -0.05) is 23.8 Å². The maximum atomic E-state index is 12.8. The summed E-state index contributed by atoms with van der Waals surface area (Å²) in [6.07, 6.45) is 0. The van der Waals surface area contributed by atoms with Crippen molar-refractivity contribution in [3.8, 4) is 11.4 Å². The second-order valence-electron chi connectivity index (χ2n) is 6.10. The molecule has 0 atom stereocenters. The van der Waals surface area contributed by atoms with Gasteiger partial charge in [-0.3, -0.25) is 14.2 Å². The van der Waals surface area contributed by atoms with Gasteiger partial charge in [0.1, 0.15) is 5.82 Å². The van der Waals surface area contributed by atoms with Crippen molar-refractivity contribution in [2.24, 2.45) is 0 Å². The molecule has 0 spiro atoms. The Bertz CT molecular complexity index is 1240. The lowest BCUT2D eigenvalue weighted by atomic mass is 10.1. The molecular formula is C20H17N3O2. The Morgan fingerprint density at radius 2 is 1.88 bits per heavy atom. The molecule has 0 aliphatic carbocycles. The average Bonchev–Trinajstić information content (AvgIpc) is 2.61. The Labute approximate surface area is 143 Å². The van der Waals surface area contributed by atoms with Crippen LogP contribution in [0.3, 0.4) is 0 Å². The van der Waals surface area contributed by atoms with Crippen molar-refractivity contribution in [1.29, 1.82) is 0 Å². The average molecular weight is 331 g/mol. The third-order valence-electron chi connectivity index (χ3n) is 4.42. The minimum Gasteiger partial charge on any atom is -0.321 e. The molecule has 2 aromatic carbocycles. The molecule has 0 bridgehead atoms. The first-order valence-electron chi connectivity index (χ1n) is 8.22. The number of fused-ring (bicyclic) bond motifs is 2. The largest absolute Gasteiger partial charge is 0.321 e. The predicted octanol–water partition coefficient (Wildman–Crippen LogP) is 3.23. The molecule has 0 fully saturated rings. The van der Waals surface area contributed by atoms with Crippen LogP contribution in [0.15, 0.2) is 58.1 Å². The number of aromatic amines is 1. The zero-order valence-electron chi connectivity index (χ0n) is 14.0. The summed E-state index contributed by atoms with van der Waals surface area (Å²) < 4.78 is 1.55. The molecule has 2 aromatic heterocycles. The van der Waals surface area contributed by atoms with Gasteiger partial charge in [0.15, 0.2) is 0 Å². The van der Waals surface area contributed by atoms with Crippen molar-refractivity contribution >= 4 is 21.8 Å². The van der Waals surface area contributed by atoms with Crippen molar-refractivity contribution in [2.75, 3.05) is 0 Å². The van der Waals surface area contributed by atoms with E-state index in [9.17, 15) is 9.59 Å². The molecule has 0 radical (unpaired) electrons. The Kier molecular flexibility index (Phi) is 3.50. The van der Waals surface area contributed by atoms with Crippen molar-refractivity contribution < 1.29 is 0 Å². The first-order chi connectivity index (χ1) is 12.1. The zero-order valence-corrected chi connectivity index (χ0v) is 14.0. The number of aryl methyl sites for hydroxylation is 1. The Balaban J connectivity index is 2.10. The number of nitrogens with zero attached hydrogens (tertiary/aromatic N) is 2. The number of rotatable bonds is 2. The fourth-order valence-electron chi connectivity index (χ4n) is 3.16. The fourth-order valence-corrected chi connectivity index (χ4v) is 3.16. The molecule has 0 aliphatic heterocycles. The van der Waals surface area contributed by atoms with Gasteiger partial charge in [0.25, 0.3) is 11.1 Å². The van der Waals surface area contributed by atoms with Crippen LogP contribution < -0.4 is 11.1 Å². The molecule has 2 heterocycles. The number of nitrogens with one attached hydrogen (secondary N) is 1. The van der Waals surface area contributed by atoms with E-state index < -0.39 is 0 Å². The minimum atomic E-state index is -0.249. The third-order valence-corrected chi connectivity index (χ3v) is 4.42. The van der Waals surface area contributed by atoms with E-state index in [1.54, 1.807) is 16.7 Å². The van der Waals surface area contributed by atoms with Crippen LogP contribution in [0.1, 0.15) is 12.5 Å². The van der Waals surface area contributed by atoms with E-state index in [4.69, 9.17) is 0 Å². The summed E-state index contributed by atoms with van der Waals surface area (Å²) in [5, 5.41) is 1.47. The van der Waals surface area contributed by atoms with Crippen LogP contribution in [0, 0.1) is 6.92 Å². The first-order valence-corrected chi connectivity index (χ1v) is 8.22. The summed E-state index contributed by atoms with van der Waals surface area (Å²) in [6.45, 7) is 4.32. The molecule has 124 valence electrons. The lowest BCUT2D eigenvalue weighted by Crippen LogP contribution is -2.25. The number of benzene rings is 2. The molecule has 1 N–H and O–H groups in total. The van der Waals surface area contributed by atoms with E-state index in [1.165, 1.54) is 0 Å². The lowest BCUT2D eigenvalue weighted by molar-refractivity contribution is 0.727. The monoisotopic (exact) mass is 331 g/mol. The summed E-state index contributed by atoms with van der Waals surface area (Å²) in [5.74, 6) is 0.399. The SMILES string of the molecule is CCn1c(-c2cc3cc(C)ccc3[nH]c2=O)nc2ccccc2c1=O. The maximum absolute atomic E-state index is 12.8. The van der Waals surface area contributed by atoms with Crippen LogP contribution >= 0.6 is 0 Å². The molecule has 0 unspecified atom stereocenters. The smallest absolute Gasteiger partial charge is 0.261 e. The standard InChI is InChI=1S/C20H17N3O2/c1-3-23-18(21-17-7-5-4-6-14(17)20(23)25)15-11-13-10-12(2)8-9-16(13)22-19(15)24/h4-11H,3H2,1-2H3,(H,22,24). The van der Waals surface area contributed by atoms with Crippen molar-refractivity contribution in [3.63, 3.8) is 0 Å². The van der Waals surface area contributed by atoms with Gasteiger partial charge >= 0.3 is 0 Å². The topological polar surface area (TPSA) is 67.8 Å². The summed E-state index contributed by atoms with van der Waals surface area (Å²) in [4.78, 5) is 32.9. The van der Waals surface area contributed by atoms with Crippen LogP contribution in [-0.4, -0.2) is 14.5 Å². The molecule has 0 amide bonds. The molecule has 0 saturated heterocycles. The molecule has 0 saturated carbocycles. The van der Waals surface area contributed by atoms with E-state index in [2.05, 4.69) is 9.97 Å². The molecule has 5 heteroatoms. The molecule has 4 rings (SSSR count). The van der Waals surface area contributed by atoms with Gasteiger partial charge in [0.2, 0.25) is 0 Å². The minimum absolute atomic E-state index is 0.133. The van der Waals surface area contributed by atoms with Gasteiger partial charge in [-0.2, -0.15) is 0 Å². The van der Waals surface area contributed by atoms with Crippen molar-refractivity contribution in [2.45, 2.75) is 20.4 Å². The molecule has 25 heavy (non-hydrogen) atoms. The zero-order chi connectivity index (χ0) is 17.6. The molecule has 4 aromatic rings. The van der Waals surface area contributed by atoms with Crippen LogP contribution in [-0.2, 0) is 6.54 Å². The first kappa shape index (κ1) is 15.3. The van der Waals surface area contributed by atoms with Gasteiger partial charge in [-0.15, -0.1) is 0 Å². The lowest BCUT2D eigenvalue weighted by Gasteiger charge is -2.12. The number of para-hydroxylation sites is 1. The Hall–Kier alpha value is -3.21. The Morgan fingerprint density at radius 1 is 1.08 bits per heavy atom. The van der Waals surface area contributed by atoms with E-state index in [1.807, 2.05) is 50.2 Å². The Morgan fingerprint density at radius 3 is 2.68 bits per heavy atom. The fraction of sp³-hybridized carbons (Fsp3) is 0.150. The van der Waals surface area contributed by atoms with Gasteiger partial charge in [0.05, 0.1) is 16.5 Å². The highest BCUT2D eigenvalue weighted by Crippen LogP contribution is 2.20. The van der Waals surface area contributed by atoms with Crippen LogP contribution in [0.4, 0.5) is 0 Å². The highest BCUT2D eigenvalue weighted by molar-refractivity contribution is 5.84. The molecule has 5 nitrogen and oxygen atoms in total. The normalized spacial score (nSPS) is 11.3. The summed E-state index contributed by atoms with van der Waals surface area (Å²) in [5.41, 5.74) is 2.49. The van der Waals surface area contributed by atoms with Crippen molar-refractivity contribution in [1.82, 2.24) is 14.5 Å². The second-order valence-corrected chi connectivity index (χ2v) is 6.10. The number of hydrogen-bond donors (Lipinski definition) is 1. The second kappa shape index (κ2) is 5.70. The summed E-state index contributed by atoms with van der Waals surface area (Å²) in [6, 6.07) is 14.9. The van der Waals surface area contributed by atoms with E-state index in [0.29, 0.717) is 28.8 Å². The quantitative estimate of drug-likeness (QED) is 0.613. The number of hydrogen-bond acceptors (Lipinski definition) is 3. The molecule has 0 aliphatic rings. The highest BCUT2D eigenvalue weighted by atomic mass is 16.1. The predicted molar refractivity (Wildman–Crippen MR) is 100.0 cm³/mol. The van der Waals surface area contributed by atoms with Gasteiger partial charge in [0, 0.05) is 12.1 Å². The van der Waals surface area contributed by atoms with Crippen LogP contribution in [0.25, 0.3) is 33.2 Å². The maximum Gasteiger partial charge on any atom is 0.261 e. The summed E-state index contributed by atoms with van der Waals surface area (Å²) >= 11 is 0. The van der Waals surface area contributed by atoms with E-state index in [-0.39, 0.29) is 11.1 Å². The van der Waals surface area contributed by atoms with E-state index >= 15 is 0 Å². The van der Waals surface area contributed by atoms with Gasteiger partial charge in [-0.25, -0.2) is 4.98 Å². The van der Waals surface area contributed by atoms with Gasteiger partial charge < -0.3 is 4.98 Å². The highest BCUT2D eigenvalue weighted by Gasteiger charge is 2.15. The van der Waals surface area contributed by atoms with Crippen LogP contribution in [0.5, 0.6) is 0 Å². The number of aromatic nitrogens is 3. The van der Waals surface area contributed by atoms with E-state index in [0.717, 1.165) is 16.5 Å². The number of pyridine rings is 1. The van der Waals surface area contributed by atoms with Crippen molar-refractivity contribution in [3.05, 3.63) is 74.8 Å². The van der Waals surface area contributed by atoms with Gasteiger partial charge in [-0.05, 0) is 49.6 Å². The molecular weight excluding hydrogens is 314 g/mol. The van der Waals surface area contributed by atoms with Crippen LogP contribution in [0.2, 0.25) is 0 Å². The third kappa shape index (κ3) is 2.45. The summed E-state index contributed by atoms with van der Waals surface area (Å²) in [7, 11) is 0.